The third kappa shape index (κ3) is 3.53. The molecule has 1 aromatic heterocycles. The molecule has 9 heteroatoms. The SMILES string of the molecule is CC(C)Nc1ccc(S(=O)(=O)Nc2ccc3c(c2)B(O)OC3)nc1. The number of fused-ring (bicyclic) bond motifs is 1. The normalized spacial score (nSPS) is 13.9. The van der Waals surface area contributed by atoms with E-state index < -0.39 is 17.1 Å². The van der Waals surface area contributed by atoms with Gasteiger partial charge in [0.05, 0.1) is 18.5 Å². The smallest absolute Gasteiger partial charge is 0.423 e. The molecule has 0 unspecified atom stereocenters. The highest BCUT2D eigenvalue weighted by Crippen LogP contribution is 2.18. The van der Waals surface area contributed by atoms with Gasteiger partial charge in [0.15, 0.2) is 5.03 Å². The molecule has 1 aliphatic rings. The quantitative estimate of drug-likeness (QED) is 0.696. The number of benzene rings is 1. The van der Waals surface area contributed by atoms with Crippen molar-refractivity contribution in [3.63, 3.8) is 0 Å². The summed E-state index contributed by atoms with van der Waals surface area (Å²) in [6.07, 6.45) is 1.48. The van der Waals surface area contributed by atoms with Gasteiger partial charge in [-0.15, -0.1) is 0 Å². The number of hydrogen-bond acceptors (Lipinski definition) is 6. The van der Waals surface area contributed by atoms with Crippen LogP contribution < -0.4 is 15.5 Å². The topological polar surface area (TPSA) is 101 Å². The van der Waals surface area contributed by atoms with E-state index >= 15 is 0 Å². The lowest BCUT2D eigenvalue weighted by Gasteiger charge is -2.11. The Balaban J connectivity index is 1.80. The van der Waals surface area contributed by atoms with Crippen molar-refractivity contribution in [2.75, 3.05) is 10.0 Å². The van der Waals surface area contributed by atoms with Gasteiger partial charge < -0.3 is 15.0 Å². The van der Waals surface area contributed by atoms with Crippen molar-refractivity contribution < 1.29 is 18.1 Å². The third-order valence-corrected chi connectivity index (χ3v) is 4.82. The molecule has 0 aliphatic carbocycles. The van der Waals surface area contributed by atoms with Crippen LogP contribution in [-0.4, -0.2) is 31.6 Å². The molecule has 0 amide bonds. The molecule has 1 aromatic carbocycles. The molecule has 0 radical (unpaired) electrons. The molecule has 1 aliphatic heterocycles. The maximum Gasteiger partial charge on any atom is 0.491 e. The Kier molecular flexibility index (Phi) is 4.48. The van der Waals surface area contributed by atoms with Crippen molar-refractivity contribution in [1.29, 1.82) is 0 Å². The summed E-state index contributed by atoms with van der Waals surface area (Å²) in [7, 11) is -4.83. The third-order valence-electron chi connectivity index (χ3n) is 3.53. The van der Waals surface area contributed by atoms with E-state index in [4.69, 9.17) is 4.65 Å². The summed E-state index contributed by atoms with van der Waals surface area (Å²) in [4.78, 5) is 4.00. The minimum Gasteiger partial charge on any atom is -0.423 e. The van der Waals surface area contributed by atoms with E-state index in [1.165, 1.54) is 12.3 Å². The van der Waals surface area contributed by atoms with Gasteiger partial charge in [-0.3, -0.25) is 4.72 Å². The number of hydrogen-bond donors (Lipinski definition) is 3. The highest BCUT2D eigenvalue weighted by atomic mass is 32.2. The molecule has 0 bridgehead atoms. The van der Waals surface area contributed by atoms with Crippen LogP contribution >= 0.6 is 0 Å². The van der Waals surface area contributed by atoms with Gasteiger partial charge in [0.1, 0.15) is 0 Å². The summed E-state index contributed by atoms with van der Waals surface area (Å²) >= 11 is 0. The Bertz CT molecular complexity index is 840. The lowest BCUT2D eigenvalue weighted by molar-refractivity contribution is 0.275. The molecule has 2 aromatic rings. The van der Waals surface area contributed by atoms with Crippen LogP contribution in [0.3, 0.4) is 0 Å². The number of sulfonamides is 1. The molecule has 7 nitrogen and oxygen atoms in total. The van der Waals surface area contributed by atoms with Gasteiger partial charge in [-0.1, -0.05) is 6.07 Å². The highest BCUT2D eigenvalue weighted by molar-refractivity contribution is 7.92. The zero-order valence-corrected chi connectivity index (χ0v) is 14.2. The van der Waals surface area contributed by atoms with E-state index in [0.717, 1.165) is 11.3 Å². The Morgan fingerprint density at radius 1 is 1.25 bits per heavy atom. The first-order valence-corrected chi connectivity index (χ1v) is 9.01. The maximum absolute atomic E-state index is 12.4. The molecule has 2 heterocycles. The van der Waals surface area contributed by atoms with Gasteiger partial charge in [-0.25, -0.2) is 4.98 Å². The van der Waals surface area contributed by atoms with Crippen molar-refractivity contribution in [3.05, 3.63) is 42.1 Å². The lowest BCUT2D eigenvalue weighted by Crippen LogP contribution is -2.28. The summed E-state index contributed by atoms with van der Waals surface area (Å²) in [5.74, 6) is 0. The number of aromatic nitrogens is 1. The van der Waals surface area contributed by atoms with Gasteiger partial charge in [0.25, 0.3) is 10.0 Å². The van der Waals surface area contributed by atoms with Crippen LogP contribution in [0.4, 0.5) is 11.4 Å². The minimum atomic E-state index is -3.80. The number of pyridine rings is 1. The predicted molar refractivity (Wildman–Crippen MR) is 92.6 cm³/mol. The monoisotopic (exact) mass is 347 g/mol. The maximum atomic E-state index is 12.4. The molecule has 0 saturated carbocycles. The lowest BCUT2D eigenvalue weighted by atomic mass is 9.79. The van der Waals surface area contributed by atoms with Crippen LogP contribution in [0.1, 0.15) is 19.4 Å². The van der Waals surface area contributed by atoms with E-state index in [2.05, 4.69) is 15.0 Å². The average Bonchev–Trinajstić information content (AvgIpc) is 2.88. The zero-order valence-electron chi connectivity index (χ0n) is 13.4. The van der Waals surface area contributed by atoms with Crippen LogP contribution in [0.2, 0.25) is 0 Å². The van der Waals surface area contributed by atoms with Crippen LogP contribution in [0.25, 0.3) is 0 Å². The second-order valence-corrected chi connectivity index (χ2v) is 7.50. The molecule has 3 rings (SSSR count). The molecule has 24 heavy (non-hydrogen) atoms. The Morgan fingerprint density at radius 3 is 2.67 bits per heavy atom. The van der Waals surface area contributed by atoms with Crippen molar-refractivity contribution in [2.24, 2.45) is 0 Å². The van der Waals surface area contributed by atoms with E-state index in [0.29, 0.717) is 17.8 Å². The predicted octanol–water partition coefficient (Wildman–Crippen LogP) is 0.920. The summed E-state index contributed by atoms with van der Waals surface area (Å²) in [5.41, 5.74) is 2.51. The minimum absolute atomic E-state index is 0.0749. The fourth-order valence-electron chi connectivity index (χ4n) is 2.44. The number of nitrogens with one attached hydrogen (secondary N) is 2. The average molecular weight is 347 g/mol. The van der Waals surface area contributed by atoms with Crippen LogP contribution in [0.5, 0.6) is 0 Å². The number of rotatable bonds is 5. The number of nitrogens with zero attached hydrogens (tertiary/aromatic N) is 1. The fourth-order valence-corrected chi connectivity index (χ4v) is 3.42. The fraction of sp³-hybridized carbons (Fsp3) is 0.267. The zero-order chi connectivity index (χ0) is 17.3. The first kappa shape index (κ1) is 16.8. The summed E-state index contributed by atoms with van der Waals surface area (Å²) in [6, 6.07) is 8.27. The molecule has 0 atom stereocenters. The molecule has 126 valence electrons. The van der Waals surface area contributed by atoms with E-state index in [9.17, 15) is 13.4 Å². The second kappa shape index (κ2) is 6.42. The van der Waals surface area contributed by atoms with Crippen molar-refractivity contribution in [1.82, 2.24) is 4.98 Å². The largest absolute Gasteiger partial charge is 0.491 e. The van der Waals surface area contributed by atoms with Crippen LogP contribution in [-0.2, 0) is 21.3 Å². The summed E-state index contributed by atoms with van der Waals surface area (Å²) < 4.78 is 32.4. The first-order valence-electron chi connectivity index (χ1n) is 7.53. The summed E-state index contributed by atoms with van der Waals surface area (Å²) in [5, 5.41) is 12.8. The van der Waals surface area contributed by atoms with Crippen molar-refractivity contribution in [2.45, 2.75) is 31.5 Å². The van der Waals surface area contributed by atoms with Gasteiger partial charge in [-0.2, -0.15) is 8.42 Å². The van der Waals surface area contributed by atoms with Gasteiger partial charge >= 0.3 is 7.12 Å². The molecular weight excluding hydrogens is 329 g/mol. The standard InChI is InChI=1S/C15H18BN3O4S/c1-10(2)18-13-5-6-15(17-8-13)24(21,22)19-12-4-3-11-9-23-16(20)14(11)7-12/h3-8,10,18-20H,9H2,1-2H3. The van der Waals surface area contributed by atoms with Gasteiger partial charge in [0, 0.05) is 11.7 Å². The van der Waals surface area contributed by atoms with Crippen molar-refractivity contribution >= 4 is 34.0 Å². The Morgan fingerprint density at radius 2 is 2.00 bits per heavy atom. The Labute approximate surface area is 141 Å². The van der Waals surface area contributed by atoms with Crippen molar-refractivity contribution in [3.8, 4) is 0 Å². The first-order chi connectivity index (χ1) is 11.3. The van der Waals surface area contributed by atoms with E-state index in [-0.39, 0.29) is 11.1 Å². The molecule has 0 saturated heterocycles. The molecule has 3 N–H and O–H groups in total. The summed E-state index contributed by atoms with van der Waals surface area (Å²) in [6.45, 7) is 4.28. The number of anilines is 2. The van der Waals surface area contributed by atoms with E-state index in [1.54, 1.807) is 24.3 Å². The highest BCUT2D eigenvalue weighted by Gasteiger charge is 2.28. The molecule has 0 fully saturated rings. The van der Waals surface area contributed by atoms with Gasteiger partial charge in [-0.05, 0) is 49.1 Å². The molecular formula is C15H18BN3O4S. The van der Waals surface area contributed by atoms with Gasteiger partial charge in [0.2, 0.25) is 0 Å². The van der Waals surface area contributed by atoms with Crippen LogP contribution in [0, 0.1) is 0 Å². The second-order valence-electron chi connectivity index (χ2n) is 5.87. The molecule has 0 spiro atoms. The van der Waals surface area contributed by atoms with Crippen LogP contribution in [0.15, 0.2) is 41.6 Å². The van der Waals surface area contributed by atoms with E-state index in [1.807, 2.05) is 13.8 Å². The Hall–Kier alpha value is -2.10.